The SMILES string of the molecule is Fc1ccc(NCc2cc(Br)c(OCc3ccccc3F)c(Br)c2)cc1. The van der Waals surface area contributed by atoms with Crippen molar-refractivity contribution in [1.82, 2.24) is 0 Å². The van der Waals surface area contributed by atoms with Gasteiger partial charge in [-0.25, -0.2) is 8.78 Å². The Hall–Kier alpha value is -1.92. The molecule has 0 heterocycles. The summed E-state index contributed by atoms with van der Waals surface area (Å²) in [4.78, 5) is 0. The van der Waals surface area contributed by atoms with Gasteiger partial charge in [0.25, 0.3) is 0 Å². The fourth-order valence-electron chi connectivity index (χ4n) is 2.39. The second-order valence-corrected chi connectivity index (χ2v) is 7.34. The summed E-state index contributed by atoms with van der Waals surface area (Å²) < 4.78 is 33.9. The zero-order valence-electron chi connectivity index (χ0n) is 13.6. The Labute approximate surface area is 167 Å². The predicted octanol–water partition coefficient (Wildman–Crippen LogP) is 6.68. The number of hydrogen-bond donors (Lipinski definition) is 1. The van der Waals surface area contributed by atoms with E-state index in [2.05, 4.69) is 37.2 Å². The van der Waals surface area contributed by atoms with Crippen LogP contribution in [0.25, 0.3) is 0 Å². The monoisotopic (exact) mass is 481 g/mol. The lowest BCUT2D eigenvalue weighted by molar-refractivity contribution is 0.296. The van der Waals surface area contributed by atoms with Gasteiger partial charge in [0.15, 0.2) is 0 Å². The van der Waals surface area contributed by atoms with E-state index in [-0.39, 0.29) is 18.2 Å². The molecule has 0 amide bonds. The maximum absolute atomic E-state index is 13.7. The summed E-state index contributed by atoms with van der Waals surface area (Å²) in [5, 5.41) is 3.23. The predicted molar refractivity (Wildman–Crippen MR) is 106 cm³/mol. The van der Waals surface area contributed by atoms with E-state index in [0.29, 0.717) is 17.9 Å². The van der Waals surface area contributed by atoms with Gasteiger partial charge in [-0.1, -0.05) is 18.2 Å². The number of anilines is 1. The van der Waals surface area contributed by atoms with Crippen molar-refractivity contribution in [2.24, 2.45) is 0 Å². The van der Waals surface area contributed by atoms with Gasteiger partial charge in [-0.15, -0.1) is 0 Å². The third-order valence-electron chi connectivity index (χ3n) is 3.73. The summed E-state index contributed by atoms with van der Waals surface area (Å²) in [7, 11) is 0. The molecule has 0 saturated heterocycles. The van der Waals surface area contributed by atoms with E-state index in [1.54, 1.807) is 30.3 Å². The molecule has 134 valence electrons. The van der Waals surface area contributed by atoms with Gasteiger partial charge in [-0.3, -0.25) is 0 Å². The van der Waals surface area contributed by atoms with Gasteiger partial charge in [0.2, 0.25) is 0 Å². The molecule has 0 bridgehead atoms. The fraction of sp³-hybridized carbons (Fsp3) is 0.100. The van der Waals surface area contributed by atoms with Crippen LogP contribution in [0.1, 0.15) is 11.1 Å². The fourth-order valence-corrected chi connectivity index (χ4v) is 3.90. The van der Waals surface area contributed by atoms with Crippen molar-refractivity contribution in [3.05, 3.63) is 92.4 Å². The summed E-state index contributed by atoms with van der Waals surface area (Å²) in [5.41, 5.74) is 2.33. The van der Waals surface area contributed by atoms with E-state index in [1.807, 2.05) is 12.1 Å². The molecule has 6 heteroatoms. The van der Waals surface area contributed by atoms with Crippen molar-refractivity contribution in [2.75, 3.05) is 5.32 Å². The molecule has 0 aliphatic heterocycles. The van der Waals surface area contributed by atoms with Crippen LogP contribution in [0.3, 0.4) is 0 Å². The summed E-state index contributed by atoms with van der Waals surface area (Å²) in [5.74, 6) is 0.0519. The first-order valence-electron chi connectivity index (χ1n) is 7.86. The van der Waals surface area contributed by atoms with Crippen molar-refractivity contribution in [2.45, 2.75) is 13.2 Å². The third-order valence-corrected chi connectivity index (χ3v) is 4.91. The molecule has 0 saturated carbocycles. The van der Waals surface area contributed by atoms with Crippen LogP contribution < -0.4 is 10.1 Å². The molecule has 0 radical (unpaired) electrons. The van der Waals surface area contributed by atoms with E-state index in [1.165, 1.54) is 18.2 Å². The average Bonchev–Trinajstić information content (AvgIpc) is 2.62. The summed E-state index contributed by atoms with van der Waals surface area (Å²) in [6.45, 7) is 0.702. The zero-order chi connectivity index (χ0) is 18.5. The molecule has 3 aromatic carbocycles. The summed E-state index contributed by atoms with van der Waals surface area (Å²) in [6.07, 6.45) is 0. The van der Waals surface area contributed by atoms with Crippen LogP contribution >= 0.6 is 31.9 Å². The molecule has 3 aromatic rings. The Morgan fingerprint density at radius 1 is 0.885 bits per heavy atom. The normalized spacial score (nSPS) is 10.6. The first kappa shape index (κ1) is 18.9. The third kappa shape index (κ3) is 4.83. The molecule has 0 aliphatic carbocycles. The lowest BCUT2D eigenvalue weighted by Gasteiger charge is -2.13. The van der Waals surface area contributed by atoms with Crippen molar-refractivity contribution in [3.8, 4) is 5.75 Å². The molecule has 0 fully saturated rings. The smallest absolute Gasteiger partial charge is 0.148 e. The quantitative estimate of drug-likeness (QED) is 0.423. The second kappa shape index (κ2) is 8.64. The van der Waals surface area contributed by atoms with Gasteiger partial charge in [0.05, 0.1) is 8.95 Å². The summed E-state index contributed by atoms with van der Waals surface area (Å²) in [6, 6.07) is 16.6. The molecule has 0 aliphatic rings. The minimum Gasteiger partial charge on any atom is -0.486 e. The van der Waals surface area contributed by atoms with Crippen LogP contribution in [0.5, 0.6) is 5.75 Å². The Morgan fingerprint density at radius 3 is 2.19 bits per heavy atom. The van der Waals surface area contributed by atoms with Crippen LogP contribution in [-0.4, -0.2) is 0 Å². The van der Waals surface area contributed by atoms with Crippen molar-refractivity contribution >= 4 is 37.5 Å². The molecule has 26 heavy (non-hydrogen) atoms. The van der Waals surface area contributed by atoms with E-state index in [9.17, 15) is 8.78 Å². The summed E-state index contributed by atoms with van der Waals surface area (Å²) >= 11 is 7.00. The van der Waals surface area contributed by atoms with Crippen molar-refractivity contribution in [3.63, 3.8) is 0 Å². The molecule has 3 rings (SSSR count). The van der Waals surface area contributed by atoms with Gasteiger partial charge in [0, 0.05) is 17.8 Å². The standard InChI is InChI=1S/C20H15Br2F2NO/c21-17-9-13(11-25-16-7-5-15(23)6-8-16)10-18(22)20(17)26-12-14-3-1-2-4-19(14)24/h1-10,25H,11-12H2. The molecule has 0 unspecified atom stereocenters. The van der Waals surface area contributed by atoms with Gasteiger partial charge in [-0.2, -0.15) is 0 Å². The number of rotatable bonds is 6. The molecular formula is C20H15Br2F2NO. The van der Waals surface area contributed by atoms with Crippen LogP contribution in [0, 0.1) is 11.6 Å². The number of halogens is 4. The zero-order valence-corrected chi connectivity index (χ0v) is 16.8. The van der Waals surface area contributed by atoms with Gasteiger partial charge in [-0.05, 0) is 79.9 Å². The topological polar surface area (TPSA) is 21.3 Å². The van der Waals surface area contributed by atoms with E-state index in [0.717, 1.165) is 20.2 Å². The first-order valence-corrected chi connectivity index (χ1v) is 9.45. The minimum absolute atomic E-state index is 0.136. The maximum Gasteiger partial charge on any atom is 0.148 e. The first-order chi connectivity index (χ1) is 12.5. The second-order valence-electron chi connectivity index (χ2n) is 5.63. The lowest BCUT2D eigenvalue weighted by Crippen LogP contribution is -2.02. The molecule has 0 spiro atoms. The van der Waals surface area contributed by atoms with Gasteiger partial charge < -0.3 is 10.1 Å². The van der Waals surface area contributed by atoms with Crippen LogP contribution in [0.4, 0.5) is 14.5 Å². The van der Waals surface area contributed by atoms with E-state index in [4.69, 9.17) is 4.74 Å². The largest absolute Gasteiger partial charge is 0.486 e. The van der Waals surface area contributed by atoms with E-state index < -0.39 is 0 Å². The van der Waals surface area contributed by atoms with Crippen LogP contribution in [0.15, 0.2) is 69.6 Å². The molecule has 0 aromatic heterocycles. The van der Waals surface area contributed by atoms with Crippen LogP contribution in [0.2, 0.25) is 0 Å². The van der Waals surface area contributed by atoms with E-state index >= 15 is 0 Å². The van der Waals surface area contributed by atoms with Crippen molar-refractivity contribution < 1.29 is 13.5 Å². The van der Waals surface area contributed by atoms with Gasteiger partial charge >= 0.3 is 0 Å². The Kier molecular flexibility index (Phi) is 6.27. The molecule has 0 atom stereocenters. The molecule has 2 nitrogen and oxygen atoms in total. The Bertz CT molecular complexity index is 878. The molecular weight excluding hydrogens is 468 g/mol. The lowest BCUT2D eigenvalue weighted by atomic mass is 10.2. The highest BCUT2D eigenvalue weighted by Crippen LogP contribution is 2.35. The highest BCUT2D eigenvalue weighted by molar-refractivity contribution is 9.11. The highest BCUT2D eigenvalue weighted by atomic mass is 79.9. The number of hydrogen-bond acceptors (Lipinski definition) is 2. The highest BCUT2D eigenvalue weighted by Gasteiger charge is 2.11. The number of benzene rings is 3. The number of nitrogens with one attached hydrogen (secondary N) is 1. The maximum atomic E-state index is 13.7. The Morgan fingerprint density at radius 2 is 1.54 bits per heavy atom. The molecule has 1 N–H and O–H groups in total. The Balaban J connectivity index is 1.67. The van der Waals surface area contributed by atoms with Crippen molar-refractivity contribution in [1.29, 1.82) is 0 Å². The van der Waals surface area contributed by atoms with Crippen LogP contribution in [-0.2, 0) is 13.2 Å². The average molecular weight is 483 g/mol. The number of ether oxygens (including phenoxy) is 1. The van der Waals surface area contributed by atoms with Gasteiger partial charge in [0.1, 0.15) is 24.0 Å². The minimum atomic E-state index is -0.292.